The fourth-order valence-electron chi connectivity index (χ4n) is 1.82. The molecule has 3 rings (SSSR count). The molecule has 0 aliphatic heterocycles. The van der Waals surface area contributed by atoms with E-state index in [2.05, 4.69) is 32.6 Å². The summed E-state index contributed by atoms with van der Waals surface area (Å²) in [7, 11) is 0. The normalized spacial score (nSPS) is 11.0. The highest BCUT2D eigenvalue weighted by Crippen LogP contribution is 2.28. The smallest absolute Gasteiger partial charge is 0.237 e. The molecule has 0 aliphatic rings. The van der Waals surface area contributed by atoms with Gasteiger partial charge in [-0.1, -0.05) is 41.6 Å². The fourth-order valence-corrected chi connectivity index (χ4v) is 3.41. The molecule has 7 nitrogen and oxygen atoms in total. The monoisotopic (exact) mass is 351 g/mol. The van der Waals surface area contributed by atoms with Crippen LogP contribution in [0.3, 0.4) is 0 Å². The predicted octanol–water partition coefficient (Wildman–Crippen LogP) is 3.76. The van der Waals surface area contributed by atoms with Gasteiger partial charge in [0.2, 0.25) is 11.0 Å². The standard InChI is InChI=1S/C14H17N5O2S2/c1-2-3-6-11-16-12(21-19-11)9-22-14-18-17-13(23-14)15-8-10-5-4-7-20-10/h4-5,7H,2-3,6,8-9H2,1H3,(H,15,17). The Morgan fingerprint density at radius 3 is 3.13 bits per heavy atom. The van der Waals surface area contributed by atoms with Crippen LogP contribution in [0.1, 0.15) is 37.2 Å². The van der Waals surface area contributed by atoms with Gasteiger partial charge in [0, 0.05) is 6.42 Å². The molecule has 9 heteroatoms. The van der Waals surface area contributed by atoms with E-state index in [4.69, 9.17) is 8.94 Å². The Balaban J connectivity index is 1.46. The number of aromatic nitrogens is 4. The molecule has 0 amide bonds. The zero-order chi connectivity index (χ0) is 15.9. The molecule has 0 saturated carbocycles. The molecular weight excluding hydrogens is 334 g/mol. The number of nitrogens with one attached hydrogen (secondary N) is 1. The highest BCUT2D eigenvalue weighted by Gasteiger charge is 2.10. The Labute approximate surface area is 141 Å². The molecule has 0 aromatic carbocycles. The number of unbranched alkanes of at least 4 members (excludes halogenated alkanes) is 1. The van der Waals surface area contributed by atoms with E-state index in [1.165, 1.54) is 11.3 Å². The number of hydrogen-bond donors (Lipinski definition) is 1. The molecule has 0 aliphatic carbocycles. The lowest BCUT2D eigenvalue weighted by atomic mass is 10.2. The van der Waals surface area contributed by atoms with Crippen molar-refractivity contribution in [2.45, 2.75) is 42.8 Å². The van der Waals surface area contributed by atoms with Crippen molar-refractivity contribution >= 4 is 28.2 Å². The van der Waals surface area contributed by atoms with Gasteiger partial charge in [0.15, 0.2) is 10.2 Å². The van der Waals surface area contributed by atoms with Crippen LogP contribution in [0, 0.1) is 0 Å². The number of thioether (sulfide) groups is 1. The van der Waals surface area contributed by atoms with Crippen molar-refractivity contribution in [3.05, 3.63) is 35.9 Å². The van der Waals surface area contributed by atoms with Crippen molar-refractivity contribution in [1.82, 2.24) is 20.3 Å². The predicted molar refractivity (Wildman–Crippen MR) is 88.4 cm³/mol. The molecule has 3 aromatic heterocycles. The number of hydrogen-bond acceptors (Lipinski definition) is 9. The maximum atomic E-state index is 5.26. The molecule has 0 saturated heterocycles. The summed E-state index contributed by atoms with van der Waals surface area (Å²) in [5, 5.41) is 16.2. The molecule has 0 unspecified atom stereocenters. The van der Waals surface area contributed by atoms with Crippen LogP contribution in [-0.4, -0.2) is 20.3 Å². The van der Waals surface area contributed by atoms with Crippen LogP contribution in [0.15, 0.2) is 31.7 Å². The second kappa shape index (κ2) is 8.11. The minimum atomic E-state index is 0.594. The molecule has 0 fully saturated rings. The minimum Gasteiger partial charge on any atom is -0.467 e. The first-order chi connectivity index (χ1) is 11.3. The van der Waals surface area contributed by atoms with Crippen molar-refractivity contribution in [2.24, 2.45) is 0 Å². The van der Waals surface area contributed by atoms with E-state index >= 15 is 0 Å². The van der Waals surface area contributed by atoms with E-state index in [0.717, 1.165) is 40.3 Å². The highest BCUT2D eigenvalue weighted by atomic mass is 32.2. The van der Waals surface area contributed by atoms with Gasteiger partial charge in [0.05, 0.1) is 18.6 Å². The number of anilines is 1. The van der Waals surface area contributed by atoms with Gasteiger partial charge in [0.25, 0.3) is 0 Å². The molecule has 0 spiro atoms. The van der Waals surface area contributed by atoms with Gasteiger partial charge in [-0.3, -0.25) is 0 Å². The number of nitrogens with zero attached hydrogens (tertiary/aromatic N) is 4. The summed E-state index contributed by atoms with van der Waals surface area (Å²) < 4.78 is 11.4. The molecular formula is C14H17N5O2S2. The Morgan fingerprint density at radius 1 is 1.35 bits per heavy atom. The van der Waals surface area contributed by atoms with Crippen molar-refractivity contribution in [2.75, 3.05) is 5.32 Å². The second-order valence-electron chi connectivity index (χ2n) is 4.80. The summed E-state index contributed by atoms with van der Waals surface area (Å²) >= 11 is 3.03. The van der Waals surface area contributed by atoms with Crippen LogP contribution in [0.4, 0.5) is 5.13 Å². The van der Waals surface area contributed by atoms with Crippen molar-refractivity contribution < 1.29 is 8.94 Å². The average molecular weight is 351 g/mol. The van der Waals surface area contributed by atoms with E-state index in [1.54, 1.807) is 18.0 Å². The Morgan fingerprint density at radius 2 is 2.30 bits per heavy atom. The summed E-state index contributed by atoms with van der Waals surface area (Å²) in [6.45, 7) is 2.74. The van der Waals surface area contributed by atoms with Crippen LogP contribution in [0.5, 0.6) is 0 Å². The van der Waals surface area contributed by atoms with Crippen molar-refractivity contribution in [1.29, 1.82) is 0 Å². The fraction of sp³-hybridized carbons (Fsp3) is 0.429. The van der Waals surface area contributed by atoms with Crippen molar-refractivity contribution in [3.63, 3.8) is 0 Å². The lowest BCUT2D eigenvalue weighted by molar-refractivity contribution is 0.384. The summed E-state index contributed by atoms with van der Waals surface area (Å²) in [5.41, 5.74) is 0. The van der Waals surface area contributed by atoms with Crippen LogP contribution in [0.2, 0.25) is 0 Å². The molecule has 3 aromatic rings. The number of aryl methyl sites for hydroxylation is 1. The highest BCUT2D eigenvalue weighted by molar-refractivity contribution is 8.00. The summed E-state index contributed by atoms with van der Waals surface area (Å²) in [4.78, 5) is 4.37. The van der Waals surface area contributed by atoms with E-state index < -0.39 is 0 Å². The SMILES string of the molecule is CCCCc1noc(CSc2nnc(NCc3ccco3)s2)n1. The first-order valence-electron chi connectivity index (χ1n) is 7.37. The van der Waals surface area contributed by atoms with Crippen LogP contribution < -0.4 is 5.32 Å². The van der Waals surface area contributed by atoms with Crippen molar-refractivity contribution in [3.8, 4) is 0 Å². The quantitative estimate of drug-likeness (QED) is 0.583. The van der Waals surface area contributed by atoms with Gasteiger partial charge in [-0.15, -0.1) is 10.2 Å². The zero-order valence-corrected chi connectivity index (χ0v) is 14.3. The van der Waals surface area contributed by atoms with Gasteiger partial charge in [-0.25, -0.2) is 0 Å². The zero-order valence-electron chi connectivity index (χ0n) is 12.7. The third kappa shape index (κ3) is 4.80. The molecule has 0 radical (unpaired) electrons. The molecule has 0 bridgehead atoms. The maximum Gasteiger partial charge on any atom is 0.237 e. The second-order valence-corrected chi connectivity index (χ2v) is 7.00. The average Bonchev–Trinajstić information content (AvgIpc) is 3.30. The Kier molecular flexibility index (Phi) is 5.65. The van der Waals surface area contributed by atoms with Crippen LogP contribution in [-0.2, 0) is 18.7 Å². The summed E-state index contributed by atoms with van der Waals surface area (Å²) in [6, 6.07) is 3.77. The summed E-state index contributed by atoms with van der Waals surface area (Å²) in [6.07, 6.45) is 4.71. The third-order valence-corrected chi connectivity index (χ3v) is 4.98. The molecule has 1 N–H and O–H groups in total. The maximum absolute atomic E-state index is 5.26. The largest absolute Gasteiger partial charge is 0.467 e. The molecule has 3 heterocycles. The first kappa shape index (κ1) is 16.0. The van der Waals surface area contributed by atoms with Gasteiger partial charge in [-0.05, 0) is 18.6 Å². The Bertz CT molecular complexity index is 710. The van der Waals surface area contributed by atoms with Gasteiger partial charge < -0.3 is 14.3 Å². The van der Waals surface area contributed by atoms with E-state index in [9.17, 15) is 0 Å². The summed E-state index contributed by atoms with van der Waals surface area (Å²) in [5.74, 6) is 2.87. The van der Waals surface area contributed by atoms with E-state index in [1.807, 2.05) is 12.1 Å². The topological polar surface area (TPSA) is 89.9 Å². The Hall–Kier alpha value is -1.87. The molecule has 0 atom stereocenters. The van der Waals surface area contributed by atoms with Crippen LogP contribution in [0.25, 0.3) is 0 Å². The van der Waals surface area contributed by atoms with Gasteiger partial charge in [0.1, 0.15) is 5.76 Å². The molecule has 122 valence electrons. The molecule has 23 heavy (non-hydrogen) atoms. The van der Waals surface area contributed by atoms with Crippen LogP contribution >= 0.6 is 23.1 Å². The number of furan rings is 1. The number of rotatable bonds is 9. The lowest BCUT2D eigenvalue weighted by Gasteiger charge is -1.96. The minimum absolute atomic E-state index is 0.594. The first-order valence-corrected chi connectivity index (χ1v) is 9.17. The van der Waals surface area contributed by atoms with E-state index in [0.29, 0.717) is 18.2 Å². The lowest BCUT2D eigenvalue weighted by Crippen LogP contribution is -1.96. The van der Waals surface area contributed by atoms with Gasteiger partial charge in [-0.2, -0.15) is 4.98 Å². The van der Waals surface area contributed by atoms with Gasteiger partial charge >= 0.3 is 0 Å². The van der Waals surface area contributed by atoms with E-state index in [-0.39, 0.29) is 0 Å². The third-order valence-electron chi connectivity index (χ3n) is 2.98.